The van der Waals surface area contributed by atoms with Crippen molar-refractivity contribution >= 4 is 19.8 Å². The maximum absolute atomic E-state index is 12.7. The highest BCUT2D eigenvalue weighted by Gasteiger charge is 2.21. The molecule has 0 aliphatic heterocycles. The van der Waals surface area contributed by atoms with Gasteiger partial charge in [0.2, 0.25) is 0 Å². The standard InChI is InChI=1S/C59H106NO8P/c1-6-8-10-12-14-16-18-20-22-24-26-27-28-29-30-31-32-34-35-37-39-41-43-45-47-49-51-58(61)65-55-57(56-67-69(63,64)66-54-53-60(3,4)5)68-59(62)52-50-48-46-44-42-40-38-36-33-25-23-21-19-17-15-13-11-9-7-2/h9,11,15,17,21,23,33,36,40,42,46,48,57H,6-8,10,12-14,16,18-20,22,24-32,34-35,37-39,41,43-45,47,49-56H2,1-5H3/b11-9-,17-15-,23-21-,36-33-,42-40-,48-46-. The zero-order chi connectivity index (χ0) is 50.6. The van der Waals surface area contributed by atoms with Crippen molar-refractivity contribution in [3.63, 3.8) is 0 Å². The molecule has 0 spiro atoms. The summed E-state index contributed by atoms with van der Waals surface area (Å²) in [6, 6.07) is 0. The summed E-state index contributed by atoms with van der Waals surface area (Å²) in [6.45, 7) is 4.06. The van der Waals surface area contributed by atoms with Crippen LogP contribution in [0.25, 0.3) is 0 Å². The molecule has 0 aliphatic carbocycles. The van der Waals surface area contributed by atoms with Crippen LogP contribution in [0.5, 0.6) is 0 Å². The average molecular weight is 988 g/mol. The summed E-state index contributed by atoms with van der Waals surface area (Å²) in [7, 11) is 1.12. The van der Waals surface area contributed by atoms with Crippen molar-refractivity contribution in [3.8, 4) is 0 Å². The number of hydrogen-bond donors (Lipinski definition) is 0. The van der Waals surface area contributed by atoms with Crippen LogP contribution < -0.4 is 4.89 Å². The van der Waals surface area contributed by atoms with Crippen molar-refractivity contribution in [2.75, 3.05) is 47.5 Å². The van der Waals surface area contributed by atoms with Crippen molar-refractivity contribution < 1.29 is 42.1 Å². The van der Waals surface area contributed by atoms with Crippen LogP contribution in [0.2, 0.25) is 0 Å². The molecular weight excluding hydrogens is 882 g/mol. The molecule has 69 heavy (non-hydrogen) atoms. The lowest BCUT2D eigenvalue weighted by atomic mass is 10.0. The number of ether oxygens (including phenoxy) is 2. The van der Waals surface area contributed by atoms with E-state index in [4.69, 9.17) is 18.5 Å². The Bertz CT molecular complexity index is 1400. The Balaban J connectivity index is 4.22. The van der Waals surface area contributed by atoms with E-state index in [1.54, 1.807) is 0 Å². The molecule has 0 heterocycles. The van der Waals surface area contributed by atoms with Crippen LogP contribution >= 0.6 is 7.82 Å². The van der Waals surface area contributed by atoms with E-state index < -0.39 is 32.5 Å². The van der Waals surface area contributed by atoms with Crippen molar-refractivity contribution in [1.82, 2.24) is 0 Å². The minimum absolute atomic E-state index is 0.0463. The predicted octanol–water partition coefficient (Wildman–Crippen LogP) is 16.7. The van der Waals surface area contributed by atoms with Gasteiger partial charge in [-0.05, 0) is 51.4 Å². The van der Waals surface area contributed by atoms with Crippen LogP contribution in [0.15, 0.2) is 72.9 Å². The molecule has 0 saturated carbocycles. The van der Waals surface area contributed by atoms with E-state index in [1.165, 1.54) is 148 Å². The SMILES string of the molecule is CC/C=C\C/C=C\C/C=C\C/C=C\C/C=C\C/C=C\CCC(=O)OC(COC(=O)CCCCCCCCCCCCCCCCCCCCCCCCCCCC)COP(=O)([O-])OCC[N+](C)(C)C. The van der Waals surface area contributed by atoms with E-state index in [0.29, 0.717) is 17.4 Å². The van der Waals surface area contributed by atoms with Crippen molar-refractivity contribution in [3.05, 3.63) is 72.9 Å². The minimum Gasteiger partial charge on any atom is -0.756 e. The van der Waals surface area contributed by atoms with Crippen LogP contribution in [0, 0.1) is 0 Å². The molecule has 2 atom stereocenters. The Morgan fingerprint density at radius 3 is 1.20 bits per heavy atom. The number of quaternary nitrogens is 1. The number of likely N-dealkylation sites (N-methyl/N-ethyl adjacent to an activating group) is 1. The predicted molar refractivity (Wildman–Crippen MR) is 291 cm³/mol. The van der Waals surface area contributed by atoms with Gasteiger partial charge in [0.25, 0.3) is 7.82 Å². The van der Waals surface area contributed by atoms with Crippen LogP contribution in [0.1, 0.15) is 239 Å². The molecule has 10 heteroatoms. The summed E-state index contributed by atoms with van der Waals surface area (Å²) in [6.07, 6.45) is 65.5. The van der Waals surface area contributed by atoms with Crippen LogP contribution in [0.3, 0.4) is 0 Å². The van der Waals surface area contributed by atoms with Crippen LogP contribution in [-0.2, 0) is 32.7 Å². The lowest BCUT2D eigenvalue weighted by Gasteiger charge is -2.28. The number of esters is 2. The second-order valence-corrected chi connectivity index (χ2v) is 21.3. The van der Waals surface area contributed by atoms with E-state index in [0.717, 1.165) is 57.8 Å². The van der Waals surface area contributed by atoms with Crippen molar-refractivity contribution in [1.29, 1.82) is 0 Å². The number of hydrogen-bond acceptors (Lipinski definition) is 8. The molecule has 0 amide bonds. The molecule has 0 fully saturated rings. The third-order valence-corrected chi connectivity index (χ3v) is 13.0. The van der Waals surface area contributed by atoms with Crippen LogP contribution in [0.4, 0.5) is 0 Å². The van der Waals surface area contributed by atoms with Gasteiger partial charge in [-0.3, -0.25) is 14.2 Å². The Hall–Kier alpha value is -2.55. The number of carbonyl (C=O) groups excluding carboxylic acids is 2. The van der Waals surface area contributed by atoms with Crippen LogP contribution in [-0.4, -0.2) is 70.0 Å². The monoisotopic (exact) mass is 988 g/mol. The highest BCUT2D eigenvalue weighted by atomic mass is 31.2. The molecule has 0 saturated heterocycles. The maximum Gasteiger partial charge on any atom is 0.306 e. The number of phosphoric acid groups is 1. The summed E-state index contributed by atoms with van der Waals surface area (Å²) in [5.74, 6) is -0.927. The highest BCUT2D eigenvalue weighted by Crippen LogP contribution is 2.38. The van der Waals surface area contributed by atoms with Gasteiger partial charge in [-0.1, -0.05) is 247 Å². The molecule has 2 unspecified atom stereocenters. The minimum atomic E-state index is -4.66. The molecule has 0 aromatic heterocycles. The maximum atomic E-state index is 12.7. The van der Waals surface area contributed by atoms with Gasteiger partial charge in [-0.2, -0.15) is 0 Å². The number of unbranched alkanes of at least 4 members (excludes halogenated alkanes) is 25. The number of phosphoric ester groups is 1. The van der Waals surface area contributed by atoms with Gasteiger partial charge in [0.15, 0.2) is 6.10 Å². The van der Waals surface area contributed by atoms with E-state index in [1.807, 2.05) is 33.3 Å². The van der Waals surface area contributed by atoms with Gasteiger partial charge >= 0.3 is 11.9 Å². The smallest absolute Gasteiger partial charge is 0.306 e. The van der Waals surface area contributed by atoms with E-state index >= 15 is 0 Å². The topological polar surface area (TPSA) is 111 Å². The first-order chi connectivity index (χ1) is 33.5. The molecule has 0 N–H and O–H groups in total. The van der Waals surface area contributed by atoms with Gasteiger partial charge in [-0.15, -0.1) is 0 Å². The van der Waals surface area contributed by atoms with Gasteiger partial charge in [0, 0.05) is 12.8 Å². The van der Waals surface area contributed by atoms with Gasteiger partial charge in [0.05, 0.1) is 27.7 Å². The molecule has 0 aromatic carbocycles. The van der Waals surface area contributed by atoms with E-state index in [-0.39, 0.29) is 26.1 Å². The quantitative estimate of drug-likeness (QED) is 0.0195. The first kappa shape index (κ1) is 66.5. The third-order valence-electron chi connectivity index (χ3n) is 12.0. The number of rotatable bonds is 51. The largest absolute Gasteiger partial charge is 0.756 e. The second-order valence-electron chi connectivity index (χ2n) is 19.9. The zero-order valence-corrected chi connectivity index (χ0v) is 46.1. The molecule has 9 nitrogen and oxygen atoms in total. The van der Waals surface area contributed by atoms with Crippen molar-refractivity contribution in [2.45, 2.75) is 245 Å². The molecule has 400 valence electrons. The lowest BCUT2D eigenvalue weighted by molar-refractivity contribution is -0.870. The summed E-state index contributed by atoms with van der Waals surface area (Å²) in [5.41, 5.74) is 0. The zero-order valence-electron chi connectivity index (χ0n) is 45.2. The number of allylic oxidation sites excluding steroid dienone is 12. The highest BCUT2D eigenvalue weighted by molar-refractivity contribution is 7.45. The van der Waals surface area contributed by atoms with E-state index in [2.05, 4.69) is 74.6 Å². The number of carbonyl (C=O) groups is 2. The Labute approximate surface area is 425 Å². The van der Waals surface area contributed by atoms with Gasteiger partial charge in [-0.25, -0.2) is 0 Å². The summed E-state index contributed by atoms with van der Waals surface area (Å²) in [4.78, 5) is 37.8. The molecule has 0 aromatic rings. The second kappa shape index (κ2) is 50.4. The van der Waals surface area contributed by atoms with E-state index in [9.17, 15) is 19.0 Å². The molecule has 0 rings (SSSR count). The summed E-state index contributed by atoms with van der Waals surface area (Å²) < 4.78 is 34.0. The fourth-order valence-electron chi connectivity index (χ4n) is 7.68. The first-order valence-electron chi connectivity index (χ1n) is 28.1. The van der Waals surface area contributed by atoms with Gasteiger partial charge in [0.1, 0.15) is 19.8 Å². The Kier molecular flexibility index (Phi) is 48.5. The molecule has 0 radical (unpaired) electrons. The lowest BCUT2D eigenvalue weighted by Crippen LogP contribution is -2.37. The van der Waals surface area contributed by atoms with Crippen molar-refractivity contribution in [2.24, 2.45) is 0 Å². The normalized spacial score (nSPS) is 13.9. The fourth-order valence-corrected chi connectivity index (χ4v) is 8.41. The van der Waals surface area contributed by atoms with Gasteiger partial charge < -0.3 is 27.9 Å². The number of nitrogens with zero attached hydrogens (tertiary/aromatic N) is 1. The summed E-state index contributed by atoms with van der Waals surface area (Å²) >= 11 is 0. The first-order valence-corrected chi connectivity index (χ1v) is 29.6. The third kappa shape index (κ3) is 54.6. The molecule has 0 bridgehead atoms. The Morgan fingerprint density at radius 1 is 0.464 bits per heavy atom. The fraction of sp³-hybridized carbons (Fsp3) is 0.763. The average Bonchev–Trinajstić information content (AvgIpc) is 3.31. The Morgan fingerprint density at radius 2 is 0.826 bits per heavy atom. The molecule has 0 aliphatic rings. The molecular formula is C59H106NO8P. The summed E-state index contributed by atoms with van der Waals surface area (Å²) in [5, 5.41) is 0.